The number of rotatable bonds is 5. The number of carbonyl (C=O) groups is 1. The van der Waals surface area contributed by atoms with E-state index in [-0.39, 0.29) is 11.5 Å². The summed E-state index contributed by atoms with van der Waals surface area (Å²) in [5.74, 6) is -0.669. The first-order chi connectivity index (χ1) is 12.6. The Morgan fingerprint density at radius 1 is 1.04 bits per heavy atom. The van der Waals surface area contributed by atoms with E-state index in [1.165, 1.54) is 11.6 Å². The van der Waals surface area contributed by atoms with Crippen LogP contribution in [0.25, 0.3) is 0 Å². The molecule has 1 heterocycles. The van der Waals surface area contributed by atoms with Gasteiger partial charge in [-0.2, -0.15) is 0 Å². The predicted molar refractivity (Wildman–Crippen MR) is 106 cm³/mol. The molecule has 1 saturated heterocycles. The summed E-state index contributed by atoms with van der Waals surface area (Å²) in [4.78, 5) is 16.9. The molecule has 1 amide bonds. The van der Waals surface area contributed by atoms with Gasteiger partial charge >= 0.3 is 0 Å². The number of benzene rings is 2. The molecule has 3 nitrogen and oxygen atoms in total. The van der Waals surface area contributed by atoms with E-state index < -0.39 is 5.82 Å². The summed E-state index contributed by atoms with van der Waals surface area (Å²) >= 11 is 3.32. The summed E-state index contributed by atoms with van der Waals surface area (Å²) in [6, 6.07) is 15.0. The average molecular weight is 419 g/mol. The molecule has 0 aliphatic carbocycles. The largest absolute Gasteiger partial charge is 0.337 e. The molecule has 0 aromatic heterocycles. The van der Waals surface area contributed by atoms with Crippen molar-refractivity contribution in [3.8, 4) is 0 Å². The molecule has 2 aromatic carbocycles. The van der Waals surface area contributed by atoms with E-state index in [1.54, 1.807) is 17.0 Å². The molecule has 0 radical (unpaired) electrons. The summed E-state index contributed by atoms with van der Waals surface area (Å²) in [5, 5.41) is 0. The number of hydrogen-bond acceptors (Lipinski definition) is 2. The molecular weight excluding hydrogens is 395 g/mol. The lowest BCUT2D eigenvalue weighted by Crippen LogP contribution is -2.36. The third-order valence-electron chi connectivity index (χ3n) is 4.82. The Balaban J connectivity index is 1.51. The van der Waals surface area contributed by atoms with Crippen LogP contribution >= 0.6 is 15.9 Å². The zero-order valence-corrected chi connectivity index (χ0v) is 16.4. The molecule has 1 fully saturated rings. The molecule has 0 bridgehead atoms. The third-order valence-corrected chi connectivity index (χ3v) is 5.31. The van der Waals surface area contributed by atoms with Gasteiger partial charge in [-0.05, 0) is 56.1 Å². The summed E-state index contributed by atoms with van der Waals surface area (Å²) in [7, 11) is 0. The molecule has 0 spiro atoms. The minimum absolute atomic E-state index is 0.150. The number of nitrogens with zero attached hydrogens (tertiary/aromatic N) is 2. The number of halogens is 2. The molecule has 3 rings (SSSR count). The Morgan fingerprint density at radius 2 is 1.85 bits per heavy atom. The van der Waals surface area contributed by atoms with Crippen LogP contribution in [0.15, 0.2) is 53.0 Å². The summed E-state index contributed by atoms with van der Waals surface area (Å²) in [6.45, 7) is 4.19. The van der Waals surface area contributed by atoms with E-state index in [0.717, 1.165) is 43.4 Å². The normalized spacial score (nSPS) is 15.7. The highest BCUT2D eigenvalue weighted by Crippen LogP contribution is 2.18. The van der Waals surface area contributed by atoms with Crippen LogP contribution < -0.4 is 0 Å². The van der Waals surface area contributed by atoms with Gasteiger partial charge in [0.1, 0.15) is 5.82 Å². The van der Waals surface area contributed by atoms with Crippen molar-refractivity contribution in [3.63, 3.8) is 0 Å². The Kier molecular flexibility index (Phi) is 6.80. The fourth-order valence-electron chi connectivity index (χ4n) is 3.38. The minimum Gasteiger partial charge on any atom is -0.337 e. The van der Waals surface area contributed by atoms with E-state index in [4.69, 9.17) is 0 Å². The number of carbonyl (C=O) groups excluding carboxylic acids is 1. The molecule has 0 atom stereocenters. The van der Waals surface area contributed by atoms with E-state index in [2.05, 4.69) is 45.1 Å². The van der Waals surface area contributed by atoms with Gasteiger partial charge in [0, 0.05) is 24.1 Å². The first kappa shape index (κ1) is 19.1. The van der Waals surface area contributed by atoms with Crippen LogP contribution in [0.2, 0.25) is 0 Å². The van der Waals surface area contributed by atoms with Gasteiger partial charge in [-0.1, -0.05) is 46.3 Å². The zero-order valence-electron chi connectivity index (χ0n) is 14.8. The maximum atomic E-state index is 14.0. The van der Waals surface area contributed by atoms with Crippen molar-refractivity contribution in [2.45, 2.75) is 19.3 Å². The van der Waals surface area contributed by atoms with Crippen molar-refractivity contribution >= 4 is 21.8 Å². The van der Waals surface area contributed by atoms with Gasteiger partial charge in [-0.25, -0.2) is 4.39 Å². The molecule has 2 aromatic rings. The molecular formula is C21H24BrFN2O. The molecule has 1 aliphatic rings. The predicted octanol–water partition coefficient (Wildman–Crippen LogP) is 4.37. The quantitative estimate of drug-likeness (QED) is 0.719. The van der Waals surface area contributed by atoms with Crippen LogP contribution in [0.4, 0.5) is 4.39 Å². The van der Waals surface area contributed by atoms with Crippen LogP contribution in [0.5, 0.6) is 0 Å². The van der Waals surface area contributed by atoms with Crippen LogP contribution in [-0.4, -0.2) is 48.4 Å². The summed E-state index contributed by atoms with van der Waals surface area (Å²) in [6.07, 6.45) is 3.11. The molecule has 0 saturated carbocycles. The Labute approximate surface area is 162 Å². The van der Waals surface area contributed by atoms with Crippen LogP contribution in [-0.2, 0) is 6.42 Å². The second-order valence-electron chi connectivity index (χ2n) is 6.70. The average Bonchev–Trinajstić information content (AvgIpc) is 2.90. The Morgan fingerprint density at radius 3 is 2.65 bits per heavy atom. The lowest BCUT2D eigenvalue weighted by atomic mass is 10.1. The van der Waals surface area contributed by atoms with Crippen molar-refractivity contribution in [2.24, 2.45) is 0 Å². The van der Waals surface area contributed by atoms with Crippen molar-refractivity contribution < 1.29 is 9.18 Å². The lowest BCUT2D eigenvalue weighted by molar-refractivity contribution is 0.0756. The SMILES string of the molecule is O=C(c1cc(Br)ccc1F)N1CCCN(CCCc2ccccc2)CC1. The van der Waals surface area contributed by atoms with Gasteiger partial charge in [0.2, 0.25) is 0 Å². The van der Waals surface area contributed by atoms with Crippen LogP contribution in [0, 0.1) is 5.82 Å². The standard InChI is InChI=1S/C21H24BrFN2O/c22-18-9-10-20(23)19(16-18)21(26)25-13-5-12-24(14-15-25)11-4-8-17-6-2-1-3-7-17/h1-3,6-7,9-10,16H,4-5,8,11-15H2. The van der Waals surface area contributed by atoms with E-state index >= 15 is 0 Å². The van der Waals surface area contributed by atoms with Crippen molar-refractivity contribution in [3.05, 3.63) is 69.9 Å². The van der Waals surface area contributed by atoms with Crippen LogP contribution in [0.1, 0.15) is 28.8 Å². The van der Waals surface area contributed by atoms with Gasteiger partial charge in [0.05, 0.1) is 5.56 Å². The Bertz CT molecular complexity index is 738. The topological polar surface area (TPSA) is 23.6 Å². The Hall–Kier alpha value is -1.72. The summed E-state index contributed by atoms with van der Waals surface area (Å²) in [5.41, 5.74) is 1.51. The molecule has 1 aliphatic heterocycles. The zero-order chi connectivity index (χ0) is 18.4. The van der Waals surface area contributed by atoms with Crippen molar-refractivity contribution in [1.29, 1.82) is 0 Å². The fourth-order valence-corrected chi connectivity index (χ4v) is 3.74. The highest BCUT2D eigenvalue weighted by atomic mass is 79.9. The number of aryl methyl sites for hydroxylation is 1. The second kappa shape index (κ2) is 9.28. The van der Waals surface area contributed by atoms with E-state index in [0.29, 0.717) is 13.1 Å². The smallest absolute Gasteiger partial charge is 0.256 e. The molecule has 5 heteroatoms. The van der Waals surface area contributed by atoms with E-state index in [9.17, 15) is 9.18 Å². The first-order valence-electron chi connectivity index (χ1n) is 9.14. The summed E-state index contributed by atoms with van der Waals surface area (Å²) < 4.78 is 14.7. The van der Waals surface area contributed by atoms with Crippen molar-refractivity contribution in [2.75, 3.05) is 32.7 Å². The highest BCUT2D eigenvalue weighted by Gasteiger charge is 2.22. The van der Waals surface area contributed by atoms with Gasteiger partial charge in [-0.3, -0.25) is 4.79 Å². The highest BCUT2D eigenvalue weighted by molar-refractivity contribution is 9.10. The minimum atomic E-state index is -0.456. The molecule has 0 N–H and O–H groups in total. The monoisotopic (exact) mass is 418 g/mol. The first-order valence-corrected chi connectivity index (χ1v) is 9.93. The maximum Gasteiger partial charge on any atom is 0.256 e. The van der Waals surface area contributed by atoms with Gasteiger partial charge < -0.3 is 9.80 Å². The lowest BCUT2D eigenvalue weighted by Gasteiger charge is -2.22. The number of amides is 1. The molecule has 26 heavy (non-hydrogen) atoms. The van der Waals surface area contributed by atoms with Crippen molar-refractivity contribution in [1.82, 2.24) is 9.80 Å². The maximum absolute atomic E-state index is 14.0. The third kappa shape index (κ3) is 5.15. The molecule has 0 unspecified atom stereocenters. The van der Waals surface area contributed by atoms with Gasteiger partial charge in [0.15, 0.2) is 0 Å². The fraction of sp³-hybridized carbons (Fsp3) is 0.381. The van der Waals surface area contributed by atoms with E-state index in [1.807, 2.05) is 6.07 Å². The van der Waals surface area contributed by atoms with Gasteiger partial charge in [-0.15, -0.1) is 0 Å². The number of hydrogen-bond donors (Lipinski definition) is 0. The van der Waals surface area contributed by atoms with Gasteiger partial charge in [0.25, 0.3) is 5.91 Å². The second-order valence-corrected chi connectivity index (χ2v) is 7.62. The molecule has 138 valence electrons. The van der Waals surface area contributed by atoms with Crippen LogP contribution in [0.3, 0.4) is 0 Å².